The van der Waals surface area contributed by atoms with E-state index in [1.807, 2.05) is 4.90 Å². The molecule has 1 aliphatic heterocycles. The van der Waals surface area contributed by atoms with Crippen LogP contribution < -0.4 is 5.73 Å². The Labute approximate surface area is 173 Å². The molecule has 0 spiro atoms. The van der Waals surface area contributed by atoms with E-state index in [0.717, 1.165) is 18.4 Å². The minimum absolute atomic E-state index is 0.00891. The maximum absolute atomic E-state index is 12.5. The standard InChI is InChI=1S/C20H25N3O3S2/c1-3-13-6-4-5-12(2)17(13)18(21)15-7-8-16(24)23(15)9-10-27-20-22-14(11-28-20)19(25)26/h4-6,11,15,18H,3,7-10,21H2,1-2H3,(H,25,26)/t15-,18?/m1/s1. The SMILES string of the molecule is CCc1cccc(C)c1C(N)[C@H]1CCC(=O)N1CCSc1nc(C(=O)O)cs1. The van der Waals surface area contributed by atoms with Crippen molar-refractivity contribution in [3.63, 3.8) is 0 Å². The zero-order valence-electron chi connectivity index (χ0n) is 16.1. The number of nitrogens with zero attached hydrogens (tertiary/aromatic N) is 2. The number of aromatic nitrogens is 1. The second kappa shape index (κ2) is 9.07. The summed E-state index contributed by atoms with van der Waals surface area (Å²) >= 11 is 2.79. The number of benzene rings is 1. The molecule has 1 aliphatic rings. The van der Waals surface area contributed by atoms with Crippen molar-refractivity contribution in [3.05, 3.63) is 46.0 Å². The Hall–Kier alpha value is -1.90. The second-order valence-electron chi connectivity index (χ2n) is 6.87. The molecule has 2 aromatic rings. The molecule has 1 fully saturated rings. The Bertz CT molecular complexity index is 868. The average Bonchev–Trinajstić information content (AvgIpc) is 3.28. The largest absolute Gasteiger partial charge is 0.476 e. The van der Waals surface area contributed by atoms with Gasteiger partial charge in [-0.2, -0.15) is 0 Å². The van der Waals surface area contributed by atoms with Crippen LogP contribution in [0.2, 0.25) is 0 Å². The van der Waals surface area contributed by atoms with E-state index in [1.54, 1.807) is 0 Å². The molecule has 3 N–H and O–H groups in total. The van der Waals surface area contributed by atoms with E-state index >= 15 is 0 Å². The van der Waals surface area contributed by atoms with Crippen molar-refractivity contribution >= 4 is 35.0 Å². The minimum atomic E-state index is -1.02. The monoisotopic (exact) mass is 419 g/mol. The summed E-state index contributed by atoms with van der Waals surface area (Å²) in [6.07, 6.45) is 2.20. The Morgan fingerprint density at radius 1 is 1.50 bits per heavy atom. The molecule has 0 saturated carbocycles. The van der Waals surface area contributed by atoms with Gasteiger partial charge in [0.2, 0.25) is 5.91 Å². The molecule has 2 atom stereocenters. The van der Waals surface area contributed by atoms with E-state index in [1.165, 1.54) is 39.6 Å². The Morgan fingerprint density at radius 2 is 2.29 bits per heavy atom. The Morgan fingerprint density at radius 3 is 2.96 bits per heavy atom. The van der Waals surface area contributed by atoms with Crippen LogP contribution in [-0.2, 0) is 11.2 Å². The Balaban J connectivity index is 1.68. The number of carboxylic acid groups (broad SMARTS) is 1. The fourth-order valence-corrected chi connectivity index (χ4v) is 5.60. The number of rotatable bonds is 8. The number of thioether (sulfide) groups is 1. The quantitative estimate of drug-likeness (QED) is 0.636. The summed E-state index contributed by atoms with van der Waals surface area (Å²) < 4.78 is 0.706. The van der Waals surface area contributed by atoms with Gasteiger partial charge in [-0.25, -0.2) is 9.78 Å². The summed E-state index contributed by atoms with van der Waals surface area (Å²) in [5, 5.41) is 10.5. The number of hydrogen-bond acceptors (Lipinski definition) is 6. The molecule has 1 unspecified atom stereocenters. The topological polar surface area (TPSA) is 96.5 Å². The van der Waals surface area contributed by atoms with Gasteiger partial charge in [-0.3, -0.25) is 4.79 Å². The third-order valence-corrected chi connectivity index (χ3v) is 7.18. The predicted molar refractivity (Wildman–Crippen MR) is 112 cm³/mol. The molecule has 6 nitrogen and oxygen atoms in total. The maximum atomic E-state index is 12.5. The van der Waals surface area contributed by atoms with Gasteiger partial charge in [0, 0.05) is 24.1 Å². The first-order chi connectivity index (χ1) is 13.4. The van der Waals surface area contributed by atoms with Gasteiger partial charge in [0.05, 0.1) is 12.1 Å². The highest BCUT2D eigenvalue weighted by atomic mass is 32.2. The van der Waals surface area contributed by atoms with Gasteiger partial charge in [-0.1, -0.05) is 36.9 Å². The van der Waals surface area contributed by atoms with Gasteiger partial charge >= 0.3 is 5.97 Å². The molecule has 8 heteroatoms. The number of carbonyl (C=O) groups is 2. The summed E-state index contributed by atoms with van der Waals surface area (Å²) in [7, 11) is 0. The average molecular weight is 420 g/mol. The van der Waals surface area contributed by atoms with E-state index in [9.17, 15) is 9.59 Å². The number of aryl methyl sites for hydroxylation is 2. The first-order valence-corrected chi connectivity index (χ1v) is 11.2. The van der Waals surface area contributed by atoms with Crippen LogP contribution >= 0.6 is 23.1 Å². The van der Waals surface area contributed by atoms with Crippen molar-refractivity contribution in [2.75, 3.05) is 12.3 Å². The van der Waals surface area contributed by atoms with Gasteiger partial charge in [0.25, 0.3) is 0 Å². The molecule has 0 bridgehead atoms. The van der Waals surface area contributed by atoms with Crippen LogP contribution in [0.1, 0.15) is 53.0 Å². The van der Waals surface area contributed by atoms with Crippen LogP contribution in [0, 0.1) is 6.92 Å². The van der Waals surface area contributed by atoms with E-state index in [-0.39, 0.29) is 23.7 Å². The van der Waals surface area contributed by atoms with Gasteiger partial charge < -0.3 is 15.7 Å². The summed E-state index contributed by atoms with van der Waals surface area (Å²) in [5.41, 5.74) is 10.3. The van der Waals surface area contributed by atoms with Crippen LogP contribution in [-0.4, -0.2) is 45.2 Å². The molecule has 0 aliphatic carbocycles. The van der Waals surface area contributed by atoms with E-state index in [4.69, 9.17) is 10.8 Å². The van der Waals surface area contributed by atoms with Crippen molar-refractivity contribution in [3.8, 4) is 0 Å². The molecule has 2 heterocycles. The van der Waals surface area contributed by atoms with E-state index in [2.05, 4.69) is 37.0 Å². The molecule has 1 aromatic carbocycles. The zero-order chi connectivity index (χ0) is 20.3. The Kier molecular flexibility index (Phi) is 6.74. The first-order valence-electron chi connectivity index (χ1n) is 9.37. The third-order valence-electron chi connectivity index (χ3n) is 5.18. The minimum Gasteiger partial charge on any atom is -0.476 e. The molecule has 1 aromatic heterocycles. The lowest BCUT2D eigenvalue weighted by Crippen LogP contribution is -2.42. The second-order valence-corrected chi connectivity index (χ2v) is 9.07. The summed E-state index contributed by atoms with van der Waals surface area (Å²) in [6, 6.07) is 6.03. The van der Waals surface area contributed by atoms with Gasteiger partial charge in [-0.15, -0.1) is 11.3 Å². The third kappa shape index (κ3) is 4.39. The van der Waals surface area contributed by atoms with Gasteiger partial charge in [0.15, 0.2) is 10.0 Å². The predicted octanol–water partition coefficient (Wildman–Crippen LogP) is 3.50. The highest BCUT2D eigenvalue weighted by molar-refractivity contribution is 8.01. The van der Waals surface area contributed by atoms with E-state index < -0.39 is 5.97 Å². The van der Waals surface area contributed by atoms with Crippen LogP contribution in [0.5, 0.6) is 0 Å². The normalized spacial score (nSPS) is 17.9. The summed E-state index contributed by atoms with van der Waals surface area (Å²) in [4.78, 5) is 29.4. The van der Waals surface area contributed by atoms with Gasteiger partial charge in [0.1, 0.15) is 0 Å². The van der Waals surface area contributed by atoms with Crippen LogP contribution in [0.4, 0.5) is 0 Å². The number of aromatic carboxylic acids is 1. The molecule has 3 rings (SSSR count). The van der Waals surface area contributed by atoms with Gasteiger partial charge in [-0.05, 0) is 36.5 Å². The van der Waals surface area contributed by atoms with Crippen molar-refractivity contribution in [2.24, 2.45) is 5.73 Å². The van der Waals surface area contributed by atoms with Crippen LogP contribution in [0.25, 0.3) is 0 Å². The highest BCUT2D eigenvalue weighted by Gasteiger charge is 2.36. The highest BCUT2D eigenvalue weighted by Crippen LogP contribution is 2.33. The molecular weight excluding hydrogens is 394 g/mol. The van der Waals surface area contributed by atoms with Crippen molar-refractivity contribution in [1.29, 1.82) is 0 Å². The number of carboxylic acids is 1. The molecular formula is C20H25N3O3S2. The lowest BCUT2D eigenvalue weighted by Gasteiger charge is -2.31. The number of amides is 1. The lowest BCUT2D eigenvalue weighted by molar-refractivity contribution is -0.128. The fraction of sp³-hybridized carbons (Fsp3) is 0.450. The molecule has 28 heavy (non-hydrogen) atoms. The molecule has 150 valence electrons. The zero-order valence-corrected chi connectivity index (χ0v) is 17.7. The van der Waals surface area contributed by atoms with Crippen molar-refractivity contribution in [2.45, 2.75) is 49.5 Å². The number of nitrogens with two attached hydrogens (primary N) is 1. The molecule has 1 saturated heterocycles. The van der Waals surface area contributed by atoms with Crippen LogP contribution in [0.15, 0.2) is 27.9 Å². The van der Waals surface area contributed by atoms with Crippen molar-refractivity contribution < 1.29 is 14.7 Å². The van der Waals surface area contributed by atoms with Crippen LogP contribution in [0.3, 0.4) is 0 Å². The maximum Gasteiger partial charge on any atom is 0.355 e. The summed E-state index contributed by atoms with van der Waals surface area (Å²) in [5.74, 6) is -0.220. The number of likely N-dealkylation sites (tertiary alicyclic amines) is 1. The van der Waals surface area contributed by atoms with E-state index in [0.29, 0.717) is 23.1 Å². The molecule has 1 amide bonds. The summed E-state index contributed by atoms with van der Waals surface area (Å²) in [6.45, 7) is 4.78. The van der Waals surface area contributed by atoms with Crippen molar-refractivity contribution in [1.82, 2.24) is 9.88 Å². The smallest absolute Gasteiger partial charge is 0.355 e. The number of thiazole rings is 1. The number of carbonyl (C=O) groups excluding carboxylic acids is 1. The molecule has 0 radical (unpaired) electrons. The lowest BCUT2D eigenvalue weighted by atomic mass is 9.89. The fourth-order valence-electron chi connectivity index (χ4n) is 3.79. The first kappa shape index (κ1) is 20.8. The number of hydrogen-bond donors (Lipinski definition) is 2.